The summed E-state index contributed by atoms with van der Waals surface area (Å²) in [5.74, 6) is -0.873. The van der Waals surface area contributed by atoms with Crippen molar-refractivity contribution in [2.75, 3.05) is 11.9 Å². The highest BCUT2D eigenvalue weighted by molar-refractivity contribution is 6.01. The van der Waals surface area contributed by atoms with Crippen molar-refractivity contribution in [3.63, 3.8) is 0 Å². The largest absolute Gasteiger partial charge is 0.484 e. The third-order valence-corrected chi connectivity index (χ3v) is 3.05. The van der Waals surface area contributed by atoms with Gasteiger partial charge in [0.2, 0.25) is 0 Å². The van der Waals surface area contributed by atoms with Crippen LogP contribution in [0.25, 0.3) is 0 Å². The quantitative estimate of drug-likeness (QED) is 0.910. The van der Waals surface area contributed by atoms with Crippen LogP contribution < -0.4 is 15.4 Å². The van der Waals surface area contributed by atoms with Gasteiger partial charge in [-0.1, -0.05) is 23.8 Å². The predicted molar refractivity (Wildman–Crippen MR) is 85.0 cm³/mol. The highest BCUT2D eigenvalue weighted by atomic mass is 19.1. The lowest BCUT2D eigenvalue weighted by Crippen LogP contribution is -2.37. The van der Waals surface area contributed by atoms with Gasteiger partial charge in [-0.05, 0) is 37.6 Å². The Kier molecular flexibility index (Phi) is 5.30. The molecule has 0 radical (unpaired) electrons. The number of amides is 3. The molecule has 0 bridgehead atoms. The second kappa shape index (κ2) is 7.40. The maximum Gasteiger partial charge on any atom is 0.325 e. The Balaban J connectivity index is 1.84. The maximum absolute atomic E-state index is 13.0. The lowest BCUT2D eigenvalue weighted by molar-refractivity contribution is -0.121. The molecule has 5 nitrogen and oxygen atoms in total. The van der Waals surface area contributed by atoms with Crippen molar-refractivity contribution in [2.45, 2.75) is 13.8 Å². The summed E-state index contributed by atoms with van der Waals surface area (Å²) in [7, 11) is 0. The van der Waals surface area contributed by atoms with Crippen LogP contribution in [0.1, 0.15) is 11.1 Å². The molecule has 0 spiro atoms. The summed E-state index contributed by atoms with van der Waals surface area (Å²) in [6, 6.07) is 10.3. The van der Waals surface area contributed by atoms with Gasteiger partial charge in [-0.2, -0.15) is 0 Å². The SMILES string of the molecule is Cc1ccc(NC(=O)NC(=O)COc2cccc(F)c2)c(C)c1. The van der Waals surface area contributed by atoms with Gasteiger partial charge in [-0.15, -0.1) is 0 Å². The molecule has 2 aromatic carbocycles. The van der Waals surface area contributed by atoms with E-state index in [0.29, 0.717) is 5.69 Å². The van der Waals surface area contributed by atoms with Crippen LogP contribution in [-0.2, 0) is 4.79 Å². The second-order valence-corrected chi connectivity index (χ2v) is 5.07. The molecular weight excluding hydrogens is 299 g/mol. The van der Waals surface area contributed by atoms with E-state index < -0.39 is 17.8 Å². The van der Waals surface area contributed by atoms with E-state index in [1.165, 1.54) is 18.2 Å². The molecule has 0 aromatic heterocycles. The van der Waals surface area contributed by atoms with Crippen LogP contribution in [0.3, 0.4) is 0 Å². The van der Waals surface area contributed by atoms with Crippen LogP contribution in [0.4, 0.5) is 14.9 Å². The molecule has 0 heterocycles. The molecule has 0 fully saturated rings. The molecular formula is C17H17FN2O3. The molecule has 0 unspecified atom stereocenters. The van der Waals surface area contributed by atoms with Gasteiger partial charge in [0, 0.05) is 11.8 Å². The molecule has 0 aliphatic carbocycles. The third-order valence-electron chi connectivity index (χ3n) is 3.05. The first-order valence-electron chi connectivity index (χ1n) is 7.00. The molecule has 3 amide bonds. The monoisotopic (exact) mass is 316 g/mol. The van der Waals surface area contributed by atoms with Gasteiger partial charge >= 0.3 is 6.03 Å². The minimum absolute atomic E-state index is 0.218. The van der Waals surface area contributed by atoms with Crippen molar-refractivity contribution in [2.24, 2.45) is 0 Å². The summed E-state index contributed by atoms with van der Waals surface area (Å²) in [6.07, 6.45) is 0. The Bertz CT molecular complexity index is 732. The van der Waals surface area contributed by atoms with E-state index in [1.807, 2.05) is 26.0 Å². The number of rotatable bonds is 4. The first-order chi connectivity index (χ1) is 10.9. The number of carbonyl (C=O) groups is 2. The molecule has 2 aromatic rings. The van der Waals surface area contributed by atoms with E-state index in [0.717, 1.165) is 17.2 Å². The minimum Gasteiger partial charge on any atom is -0.484 e. The van der Waals surface area contributed by atoms with Crippen molar-refractivity contribution in [1.82, 2.24) is 5.32 Å². The summed E-state index contributed by atoms with van der Waals surface area (Å²) in [5.41, 5.74) is 2.59. The van der Waals surface area contributed by atoms with Crippen LogP contribution in [0.15, 0.2) is 42.5 Å². The van der Waals surface area contributed by atoms with E-state index in [1.54, 1.807) is 6.07 Å². The number of hydrogen-bond donors (Lipinski definition) is 2. The molecule has 120 valence electrons. The lowest BCUT2D eigenvalue weighted by atomic mass is 10.1. The van der Waals surface area contributed by atoms with Crippen LogP contribution in [0.5, 0.6) is 5.75 Å². The van der Waals surface area contributed by atoms with Gasteiger partial charge in [-0.25, -0.2) is 9.18 Å². The summed E-state index contributed by atoms with van der Waals surface area (Å²) >= 11 is 0. The zero-order valence-corrected chi connectivity index (χ0v) is 12.9. The summed E-state index contributed by atoms with van der Waals surface area (Å²) in [4.78, 5) is 23.4. The fourth-order valence-corrected chi connectivity index (χ4v) is 1.98. The maximum atomic E-state index is 13.0. The van der Waals surface area contributed by atoms with Gasteiger partial charge < -0.3 is 10.1 Å². The molecule has 6 heteroatoms. The summed E-state index contributed by atoms with van der Waals surface area (Å²) in [5, 5.41) is 4.74. The average Bonchev–Trinajstić information content (AvgIpc) is 2.48. The average molecular weight is 316 g/mol. The zero-order valence-electron chi connectivity index (χ0n) is 12.9. The van der Waals surface area contributed by atoms with E-state index in [4.69, 9.17) is 4.74 Å². The number of ether oxygens (including phenoxy) is 1. The van der Waals surface area contributed by atoms with E-state index in [2.05, 4.69) is 10.6 Å². The normalized spacial score (nSPS) is 10.0. The topological polar surface area (TPSA) is 67.4 Å². The van der Waals surface area contributed by atoms with Crippen LogP contribution in [-0.4, -0.2) is 18.5 Å². The van der Waals surface area contributed by atoms with Gasteiger partial charge in [0.1, 0.15) is 11.6 Å². The van der Waals surface area contributed by atoms with Crippen LogP contribution in [0.2, 0.25) is 0 Å². The Morgan fingerprint density at radius 2 is 1.91 bits per heavy atom. The van der Waals surface area contributed by atoms with E-state index >= 15 is 0 Å². The third kappa shape index (κ3) is 5.10. The van der Waals surface area contributed by atoms with Crippen molar-refractivity contribution < 1.29 is 18.7 Å². The predicted octanol–water partition coefficient (Wildman–Crippen LogP) is 3.17. The fourth-order valence-electron chi connectivity index (χ4n) is 1.98. The number of urea groups is 1. The van der Waals surface area contributed by atoms with Crippen molar-refractivity contribution in [3.05, 3.63) is 59.4 Å². The molecule has 0 saturated heterocycles. The van der Waals surface area contributed by atoms with Gasteiger partial charge in [0.05, 0.1) is 0 Å². The molecule has 0 saturated carbocycles. The minimum atomic E-state index is -0.648. The highest BCUT2D eigenvalue weighted by Crippen LogP contribution is 2.15. The standard InChI is InChI=1S/C17H17FN2O3/c1-11-6-7-15(12(2)8-11)19-17(22)20-16(21)10-23-14-5-3-4-13(18)9-14/h3-9H,10H2,1-2H3,(H2,19,20,21,22). The van der Waals surface area contributed by atoms with E-state index in [9.17, 15) is 14.0 Å². The van der Waals surface area contributed by atoms with Crippen molar-refractivity contribution in [1.29, 1.82) is 0 Å². The Morgan fingerprint density at radius 3 is 2.61 bits per heavy atom. The molecule has 23 heavy (non-hydrogen) atoms. The highest BCUT2D eigenvalue weighted by Gasteiger charge is 2.10. The Morgan fingerprint density at radius 1 is 1.13 bits per heavy atom. The molecule has 0 atom stereocenters. The smallest absolute Gasteiger partial charge is 0.325 e. The number of aryl methyl sites for hydroxylation is 2. The number of nitrogens with one attached hydrogen (secondary N) is 2. The van der Waals surface area contributed by atoms with E-state index in [-0.39, 0.29) is 12.4 Å². The number of carbonyl (C=O) groups excluding carboxylic acids is 2. The fraction of sp³-hybridized carbons (Fsp3) is 0.176. The van der Waals surface area contributed by atoms with Crippen LogP contribution in [0, 0.1) is 19.7 Å². The van der Waals surface area contributed by atoms with Crippen LogP contribution >= 0.6 is 0 Å². The van der Waals surface area contributed by atoms with Crippen molar-refractivity contribution in [3.8, 4) is 5.75 Å². The number of hydrogen-bond acceptors (Lipinski definition) is 3. The second-order valence-electron chi connectivity index (χ2n) is 5.07. The zero-order chi connectivity index (χ0) is 16.8. The number of benzene rings is 2. The molecule has 2 rings (SSSR count). The summed E-state index contributed by atoms with van der Waals surface area (Å²) < 4.78 is 18.1. The Hall–Kier alpha value is -2.89. The molecule has 0 aliphatic rings. The summed E-state index contributed by atoms with van der Waals surface area (Å²) in [6.45, 7) is 3.42. The number of imide groups is 1. The number of anilines is 1. The van der Waals surface area contributed by atoms with Gasteiger partial charge in [-0.3, -0.25) is 10.1 Å². The molecule has 2 N–H and O–H groups in total. The van der Waals surface area contributed by atoms with Gasteiger partial charge in [0.25, 0.3) is 5.91 Å². The number of halogens is 1. The van der Waals surface area contributed by atoms with Gasteiger partial charge in [0.15, 0.2) is 6.61 Å². The molecule has 0 aliphatic heterocycles. The first kappa shape index (κ1) is 16.5. The lowest BCUT2D eigenvalue weighted by Gasteiger charge is -2.10. The first-order valence-corrected chi connectivity index (χ1v) is 7.00. The Labute approximate surface area is 133 Å². The van der Waals surface area contributed by atoms with Crippen molar-refractivity contribution >= 4 is 17.6 Å².